The van der Waals surface area contributed by atoms with Crippen molar-refractivity contribution in [2.45, 2.75) is 6.42 Å². The van der Waals surface area contributed by atoms with Gasteiger partial charge in [0.25, 0.3) is 0 Å². The number of carbonyl (C=O) groups is 1. The van der Waals surface area contributed by atoms with Crippen molar-refractivity contribution in [2.24, 2.45) is 0 Å². The highest BCUT2D eigenvalue weighted by Gasteiger charge is 2.08. The second kappa shape index (κ2) is 5.26. The molecule has 5 nitrogen and oxygen atoms in total. The van der Waals surface area contributed by atoms with Crippen LogP contribution in [0.4, 0.5) is 10.8 Å². The number of nitrogens with one attached hydrogen (secondary N) is 1. The van der Waals surface area contributed by atoms with Gasteiger partial charge in [-0.25, -0.2) is 4.98 Å². The zero-order chi connectivity index (χ0) is 13.9. The summed E-state index contributed by atoms with van der Waals surface area (Å²) >= 11 is 1.38. The van der Waals surface area contributed by atoms with Crippen molar-refractivity contribution in [3.8, 4) is 0 Å². The molecule has 0 aliphatic rings. The molecule has 2 aromatic heterocycles. The summed E-state index contributed by atoms with van der Waals surface area (Å²) in [5, 5.41) is 15.4. The van der Waals surface area contributed by atoms with E-state index >= 15 is 0 Å². The van der Waals surface area contributed by atoms with Crippen LogP contribution in [0.1, 0.15) is 5.69 Å². The van der Waals surface area contributed by atoms with Crippen LogP contribution in [0.25, 0.3) is 10.9 Å². The number of carboxylic acids is 1. The van der Waals surface area contributed by atoms with Gasteiger partial charge in [0, 0.05) is 17.0 Å². The topological polar surface area (TPSA) is 75.1 Å². The summed E-state index contributed by atoms with van der Waals surface area (Å²) in [5.41, 5.74) is 2.28. The van der Waals surface area contributed by atoms with E-state index in [1.807, 2.05) is 30.3 Å². The second-order valence-electron chi connectivity index (χ2n) is 4.22. The third-order valence-electron chi connectivity index (χ3n) is 2.76. The number of aromatic nitrogens is 2. The highest BCUT2D eigenvalue weighted by atomic mass is 32.1. The zero-order valence-electron chi connectivity index (χ0n) is 10.4. The fraction of sp³-hybridized carbons (Fsp3) is 0.0714. The Morgan fingerprint density at radius 3 is 3.00 bits per heavy atom. The lowest BCUT2D eigenvalue weighted by atomic mass is 10.2. The number of hydrogen-bond acceptors (Lipinski definition) is 5. The van der Waals surface area contributed by atoms with E-state index < -0.39 is 5.97 Å². The molecule has 3 rings (SSSR count). The van der Waals surface area contributed by atoms with Gasteiger partial charge in [0.2, 0.25) is 0 Å². The number of thiazole rings is 1. The molecule has 2 N–H and O–H groups in total. The minimum Gasteiger partial charge on any atom is -0.481 e. The quantitative estimate of drug-likeness (QED) is 0.770. The normalized spacial score (nSPS) is 10.6. The van der Waals surface area contributed by atoms with Crippen molar-refractivity contribution in [1.82, 2.24) is 9.97 Å². The van der Waals surface area contributed by atoms with Gasteiger partial charge in [-0.2, -0.15) is 0 Å². The van der Waals surface area contributed by atoms with Gasteiger partial charge in [0.15, 0.2) is 5.13 Å². The first-order chi connectivity index (χ1) is 9.72. The predicted molar refractivity (Wildman–Crippen MR) is 78.5 cm³/mol. The largest absolute Gasteiger partial charge is 0.481 e. The number of benzene rings is 1. The molecule has 0 fully saturated rings. The lowest BCUT2D eigenvalue weighted by Crippen LogP contribution is -2.00. The second-order valence-corrected chi connectivity index (χ2v) is 5.08. The average Bonchev–Trinajstić information content (AvgIpc) is 2.86. The van der Waals surface area contributed by atoms with Gasteiger partial charge < -0.3 is 10.4 Å². The number of carboxylic acid groups (broad SMARTS) is 1. The Labute approximate surface area is 118 Å². The van der Waals surface area contributed by atoms with Gasteiger partial charge in [-0.15, -0.1) is 11.3 Å². The minimum atomic E-state index is -0.881. The number of nitrogens with zero attached hydrogens (tertiary/aromatic N) is 2. The van der Waals surface area contributed by atoms with Crippen molar-refractivity contribution in [3.63, 3.8) is 0 Å². The van der Waals surface area contributed by atoms with Crippen LogP contribution in [0.5, 0.6) is 0 Å². The van der Waals surface area contributed by atoms with Crippen LogP contribution in [0.15, 0.2) is 41.9 Å². The SMILES string of the molecule is O=C(O)Cc1csc(Nc2cccc3cccnc23)n1. The molecule has 0 aliphatic heterocycles. The van der Waals surface area contributed by atoms with Crippen molar-refractivity contribution in [1.29, 1.82) is 0 Å². The highest BCUT2D eigenvalue weighted by Crippen LogP contribution is 2.26. The molecule has 0 radical (unpaired) electrons. The molecule has 0 spiro atoms. The van der Waals surface area contributed by atoms with Gasteiger partial charge >= 0.3 is 5.97 Å². The van der Waals surface area contributed by atoms with Crippen molar-refractivity contribution in [3.05, 3.63) is 47.6 Å². The molecule has 6 heteroatoms. The molecule has 0 amide bonds. The Morgan fingerprint density at radius 1 is 1.30 bits per heavy atom. The summed E-state index contributed by atoms with van der Waals surface area (Å²) in [6.07, 6.45) is 1.68. The molecule has 0 saturated heterocycles. The summed E-state index contributed by atoms with van der Waals surface area (Å²) in [5.74, 6) is -0.881. The monoisotopic (exact) mass is 285 g/mol. The van der Waals surface area contributed by atoms with Gasteiger partial charge in [-0.3, -0.25) is 9.78 Å². The molecule has 0 unspecified atom stereocenters. The zero-order valence-corrected chi connectivity index (χ0v) is 11.2. The standard InChI is InChI=1S/C14H11N3O2S/c18-12(19)7-10-8-20-14(16-10)17-11-5-1-3-9-4-2-6-15-13(9)11/h1-6,8H,7H2,(H,16,17)(H,18,19). The third-order valence-corrected chi connectivity index (χ3v) is 3.56. The Hall–Kier alpha value is -2.47. The molecule has 1 aromatic carbocycles. The lowest BCUT2D eigenvalue weighted by molar-refractivity contribution is -0.136. The first-order valence-corrected chi connectivity index (χ1v) is 6.87. The van der Waals surface area contributed by atoms with Gasteiger partial charge in [-0.1, -0.05) is 18.2 Å². The van der Waals surface area contributed by atoms with E-state index in [1.54, 1.807) is 11.6 Å². The maximum atomic E-state index is 10.6. The molecule has 0 bridgehead atoms. The highest BCUT2D eigenvalue weighted by molar-refractivity contribution is 7.13. The van der Waals surface area contributed by atoms with E-state index in [2.05, 4.69) is 15.3 Å². The Kier molecular flexibility index (Phi) is 3.30. The summed E-state index contributed by atoms with van der Waals surface area (Å²) < 4.78 is 0. The van der Waals surface area contributed by atoms with Crippen LogP contribution in [-0.4, -0.2) is 21.0 Å². The van der Waals surface area contributed by atoms with E-state index in [9.17, 15) is 4.79 Å². The molecular formula is C14H11N3O2S. The molecule has 100 valence electrons. The van der Waals surface area contributed by atoms with Crippen LogP contribution in [-0.2, 0) is 11.2 Å². The lowest BCUT2D eigenvalue weighted by Gasteiger charge is -2.05. The molecule has 2 heterocycles. The fourth-order valence-electron chi connectivity index (χ4n) is 1.92. The fourth-order valence-corrected chi connectivity index (χ4v) is 2.64. The Balaban J connectivity index is 1.89. The van der Waals surface area contributed by atoms with Gasteiger partial charge in [0.05, 0.1) is 23.3 Å². The van der Waals surface area contributed by atoms with E-state index in [4.69, 9.17) is 5.11 Å². The number of anilines is 2. The number of pyridine rings is 1. The third kappa shape index (κ3) is 2.60. The van der Waals surface area contributed by atoms with Crippen LogP contribution < -0.4 is 5.32 Å². The summed E-state index contributed by atoms with van der Waals surface area (Å²) in [6.45, 7) is 0. The van der Waals surface area contributed by atoms with Crippen LogP contribution >= 0.6 is 11.3 Å². The number of fused-ring (bicyclic) bond motifs is 1. The Morgan fingerprint density at radius 2 is 2.15 bits per heavy atom. The Bertz CT molecular complexity index is 764. The van der Waals surface area contributed by atoms with Crippen molar-refractivity contribution >= 4 is 39.0 Å². The smallest absolute Gasteiger partial charge is 0.309 e. The minimum absolute atomic E-state index is 0.0635. The number of para-hydroxylation sites is 1. The van der Waals surface area contributed by atoms with Crippen molar-refractivity contribution in [2.75, 3.05) is 5.32 Å². The number of rotatable bonds is 4. The van der Waals surface area contributed by atoms with E-state index in [0.717, 1.165) is 16.6 Å². The first kappa shape index (κ1) is 12.6. The first-order valence-electron chi connectivity index (χ1n) is 5.99. The van der Waals surface area contributed by atoms with Gasteiger partial charge in [-0.05, 0) is 12.1 Å². The maximum absolute atomic E-state index is 10.6. The molecule has 0 atom stereocenters. The number of aliphatic carboxylic acids is 1. The van der Waals surface area contributed by atoms with Crippen molar-refractivity contribution < 1.29 is 9.90 Å². The predicted octanol–water partition coefficient (Wildman–Crippen LogP) is 3.06. The van der Waals surface area contributed by atoms with Crippen LogP contribution in [0.2, 0.25) is 0 Å². The number of hydrogen-bond donors (Lipinski definition) is 2. The summed E-state index contributed by atoms with van der Waals surface area (Å²) in [4.78, 5) is 19.2. The molecule has 0 aliphatic carbocycles. The van der Waals surface area contributed by atoms with Gasteiger partial charge in [0.1, 0.15) is 0 Å². The molecule has 20 heavy (non-hydrogen) atoms. The van der Waals surface area contributed by atoms with Crippen LogP contribution in [0, 0.1) is 0 Å². The van der Waals surface area contributed by atoms with E-state index in [-0.39, 0.29) is 6.42 Å². The van der Waals surface area contributed by atoms with Crippen LogP contribution in [0.3, 0.4) is 0 Å². The molecule has 3 aromatic rings. The maximum Gasteiger partial charge on any atom is 0.309 e. The average molecular weight is 285 g/mol. The molecule has 0 saturated carbocycles. The van der Waals surface area contributed by atoms with E-state index in [1.165, 1.54) is 11.3 Å². The molecular weight excluding hydrogens is 274 g/mol. The summed E-state index contributed by atoms with van der Waals surface area (Å²) in [6, 6.07) is 9.74. The van der Waals surface area contributed by atoms with E-state index in [0.29, 0.717) is 10.8 Å². The summed E-state index contributed by atoms with van der Waals surface area (Å²) in [7, 11) is 0.